The van der Waals surface area contributed by atoms with Crippen LogP contribution in [0.4, 0.5) is 18.9 Å². The Balaban J connectivity index is 1.27. The Morgan fingerprint density at radius 3 is 2.36 bits per heavy atom. The number of alkyl halides is 3. The second-order valence-electron chi connectivity index (χ2n) is 8.05. The number of halogens is 5. The maximum Gasteiger partial charge on any atom is 0.573 e. The van der Waals surface area contributed by atoms with Gasteiger partial charge in [-0.25, -0.2) is 4.98 Å². The zero-order chi connectivity index (χ0) is 27.6. The van der Waals surface area contributed by atoms with E-state index in [0.29, 0.717) is 32.3 Å². The molecule has 3 aromatic carbocycles. The highest BCUT2D eigenvalue weighted by Crippen LogP contribution is 2.38. The largest absolute Gasteiger partial charge is 0.573 e. The maximum absolute atomic E-state index is 12.5. The third-order valence-electron chi connectivity index (χ3n) is 5.43. The summed E-state index contributed by atoms with van der Waals surface area (Å²) in [6.45, 7) is 0. The van der Waals surface area contributed by atoms with Crippen molar-refractivity contribution in [1.82, 2.24) is 9.55 Å². The highest BCUT2D eigenvalue weighted by atomic mass is 35.5. The Hall–Kier alpha value is -3.80. The van der Waals surface area contributed by atoms with E-state index in [4.69, 9.17) is 23.2 Å². The summed E-state index contributed by atoms with van der Waals surface area (Å²) in [5, 5.41) is 9.37. The number of rotatable bonds is 6. The first-order valence-corrected chi connectivity index (χ1v) is 12.9. The summed E-state index contributed by atoms with van der Waals surface area (Å²) in [4.78, 5) is 18.2. The molecule has 4 aromatic rings. The van der Waals surface area contributed by atoms with Crippen LogP contribution in [0.2, 0.25) is 10.0 Å². The van der Waals surface area contributed by atoms with Crippen molar-refractivity contribution in [3.05, 3.63) is 94.9 Å². The summed E-state index contributed by atoms with van der Waals surface area (Å²) in [5.41, 5.74) is 3.26. The molecule has 5 rings (SSSR count). The molecular weight excluding hydrogens is 574 g/mol. The van der Waals surface area contributed by atoms with Crippen LogP contribution in [0.1, 0.15) is 5.56 Å². The molecule has 7 nitrogen and oxygen atoms in total. The van der Waals surface area contributed by atoms with Crippen molar-refractivity contribution in [3.63, 3.8) is 0 Å². The molecule has 0 spiro atoms. The number of imidazole rings is 1. The van der Waals surface area contributed by atoms with E-state index in [0.717, 1.165) is 11.1 Å². The van der Waals surface area contributed by atoms with Gasteiger partial charge in [0.2, 0.25) is 5.91 Å². The summed E-state index contributed by atoms with van der Waals surface area (Å²) >= 11 is 13.8. The molecule has 2 heterocycles. The van der Waals surface area contributed by atoms with Gasteiger partial charge in [0.15, 0.2) is 5.17 Å². The number of ether oxygens (including phenoxy) is 1. The number of carbonyl (C=O) groups is 1. The molecule has 1 aliphatic heterocycles. The van der Waals surface area contributed by atoms with Gasteiger partial charge >= 0.3 is 6.36 Å². The van der Waals surface area contributed by atoms with Crippen LogP contribution in [-0.4, -0.2) is 39.0 Å². The number of thioether (sulfide) groups is 1. The van der Waals surface area contributed by atoms with E-state index in [1.54, 1.807) is 41.5 Å². The zero-order valence-electron chi connectivity index (χ0n) is 19.6. The normalized spacial score (nSPS) is 15.1. The molecule has 0 aliphatic carbocycles. The maximum atomic E-state index is 12.5. The van der Waals surface area contributed by atoms with Crippen LogP contribution in [-0.2, 0) is 4.79 Å². The molecule has 1 saturated heterocycles. The molecule has 1 amide bonds. The van der Waals surface area contributed by atoms with Crippen LogP contribution in [0.3, 0.4) is 0 Å². The standard InChI is InChI=1S/C26H16Cl2F3N5O2S/c27-20-2-1-3-21(28)24(20)36-23(37)14-39-25(36)34-33-12-16-4-6-17(7-5-16)22-13-35(15-32-22)18-8-10-19(11-9-18)38-26(29,30)31/h1-13,15H,14H2/b33-12+,34-25-. The van der Waals surface area contributed by atoms with E-state index in [9.17, 15) is 18.0 Å². The average molecular weight is 590 g/mol. The molecule has 1 aliphatic rings. The van der Waals surface area contributed by atoms with Crippen molar-refractivity contribution < 1.29 is 22.7 Å². The Labute approximate surface area is 234 Å². The first-order valence-electron chi connectivity index (χ1n) is 11.2. The van der Waals surface area contributed by atoms with Gasteiger partial charge in [0.25, 0.3) is 0 Å². The fraction of sp³-hybridized carbons (Fsp3) is 0.0769. The fourth-order valence-corrected chi connectivity index (χ4v) is 5.05. The van der Waals surface area contributed by atoms with Crippen molar-refractivity contribution in [1.29, 1.82) is 0 Å². The van der Waals surface area contributed by atoms with E-state index in [2.05, 4.69) is 19.9 Å². The van der Waals surface area contributed by atoms with E-state index in [1.165, 1.54) is 40.9 Å². The minimum absolute atomic E-state index is 0.196. The molecule has 1 fully saturated rings. The molecule has 1 aromatic heterocycles. The predicted molar refractivity (Wildman–Crippen MR) is 147 cm³/mol. The topological polar surface area (TPSA) is 72.1 Å². The van der Waals surface area contributed by atoms with E-state index < -0.39 is 6.36 Å². The molecule has 0 unspecified atom stereocenters. The Morgan fingerprint density at radius 2 is 1.69 bits per heavy atom. The monoisotopic (exact) mass is 589 g/mol. The SMILES string of the molecule is O=C1CS/C(=N\N=C\c2ccc(-c3cn(-c4ccc(OC(F)(F)F)cc4)cn3)cc2)N1c1c(Cl)cccc1Cl. The molecular formula is C26H16Cl2F3N5O2S. The number of benzene rings is 3. The molecule has 0 atom stereocenters. The molecule has 0 radical (unpaired) electrons. The van der Waals surface area contributed by atoms with E-state index in [1.807, 2.05) is 24.3 Å². The lowest BCUT2D eigenvalue weighted by atomic mass is 10.1. The summed E-state index contributed by atoms with van der Waals surface area (Å²) in [6, 6.07) is 17.8. The first-order chi connectivity index (χ1) is 18.7. The average Bonchev–Trinajstić information content (AvgIpc) is 3.52. The van der Waals surface area contributed by atoms with Gasteiger partial charge in [-0.1, -0.05) is 65.3 Å². The van der Waals surface area contributed by atoms with Crippen LogP contribution >= 0.6 is 35.0 Å². The van der Waals surface area contributed by atoms with Crippen LogP contribution in [0, 0.1) is 0 Å². The van der Waals surface area contributed by atoms with E-state index in [-0.39, 0.29) is 17.4 Å². The number of anilines is 1. The lowest BCUT2D eigenvalue weighted by Gasteiger charge is -2.18. The van der Waals surface area contributed by atoms with Gasteiger partial charge < -0.3 is 9.30 Å². The van der Waals surface area contributed by atoms with Crippen LogP contribution in [0.5, 0.6) is 5.75 Å². The van der Waals surface area contributed by atoms with Gasteiger partial charge in [-0.2, -0.15) is 5.10 Å². The molecule has 198 valence electrons. The molecule has 0 saturated carbocycles. The van der Waals surface area contributed by atoms with Crippen molar-refractivity contribution in [2.75, 3.05) is 10.7 Å². The number of hydrogen-bond acceptors (Lipinski definition) is 6. The first kappa shape index (κ1) is 26.8. The van der Waals surface area contributed by atoms with Crippen molar-refractivity contribution >= 4 is 57.9 Å². The molecule has 0 N–H and O–H groups in total. The number of amidine groups is 1. The smallest absolute Gasteiger partial charge is 0.406 e. The highest BCUT2D eigenvalue weighted by Gasteiger charge is 2.33. The highest BCUT2D eigenvalue weighted by molar-refractivity contribution is 8.15. The van der Waals surface area contributed by atoms with Gasteiger partial charge in [0.05, 0.1) is 39.7 Å². The minimum Gasteiger partial charge on any atom is -0.406 e. The molecule has 13 heteroatoms. The van der Waals surface area contributed by atoms with Crippen LogP contribution in [0.25, 0.3) is 16.9 Å². The summed E-state index contributed by atoms with van der Waals surface area (Å²) in [7, 11) is 0. The van der Waals surface area contributed by atoms with Crippen LogP contribution in [0.15, 0.2) is 89.5 Å². The van der Waals surface area contributed by atoms with Crippen molar-refractivity contribution in [2.24, 2.45) is 10.2 Å². The second-order valence-corrected chi connectivity index (χ2v) is 9.80. The number of hydrogen-bond donors (Lipinski definition) is 0. The summed E-state index contributed by atoms with van der Waals surface area (Å²) in [6.07, 6.45) is 0.137. The van der Waals surface area contributed by atoms with E-state index >= 15 is 0 Å². The summed E-state index contributed by atoms with van der Waals surface area (Å²) < 4.78 is 42.7. The molecule has 39 heavy (non-hydrogen) atoms. The zero-order valence-corrected chi connectivity index (χ0v) is 22.0. The number of aromatic nitrogens is 2. The second kappa shape index (κ2) is 11.1. The molecule has 0 bridgehead atoms. The lowest BCUT2D eigenvalue weighted by Crippen LogP contribution is -2.29. The van der Waals surface area contributed by atoms with Crippen LogP contribution < -0.4 is 9.64 Å². The number of carbonyl (C=O) groups excluding carboxylic acids is 1. The minimum atomic E-state index is -4.74. The van der Waals surface area contributed by atoms with Crippen molar-refractivity contribution in [3.8, 4) is 22.7 Å². The summed E-state index contributed by atoms with van der Waals surface area (Å²) in [5.74, 6) is -0.297. The Bertz CT molecular complexity index is 1550. The van der Waals surface area contributed by atoms with Gasteiger partial charge in [-0.05, 0) is 42.0 Å². The van der Waals surface area contributed by atoms with Gasteiger partial charge in [0.1, 0.15) is 5.75 Å². The van der Waals surface area contributed by atoms with Gasteiger partial charge in [-0.3, -0.25) is 9.69 Å². The number of para-hydroxylation sites is 1. The van der Waals surface area contributed by atoms with Gasteiger partial charge in [-0.15, -0.1) is 18.3 Å². The Kier molecular flexibility index (Phi) is 7.65. The third-order valence-corrected chi connectivity index (χ3v) is 6.96. The lowest BCUT2D eigenvalue weighted by molar-refractivity contribution is -0.274. The number of amides is 1. The number of nitrogens with zero attached hydrogens (tertiary/aromatic N) is 5. The van der Waals surface area contributed by atoms with Gasteiger partial charge in [0, 0.05) is 17.4 Å². The third kappa shape index (κ3) is 6.27. The fourth-order valence-electron chi connectivity index (χ4n) is 3.68. The Morgan fingerprint density at radius 1 is 1.00 bits per heavy atom. The predicted octanol–water partition coefficient (Wildman–Crippen LogP) is 7.21. The quantitative estimate of drug-likeness (QED) is 0.176. The van der Waals surface area contributed by atoms with Crippen molar-refractivity contribution in [2.45, 2.75) is 6.36 Å².